The van der Waals surface area contributed by atoms with Crippen molar-refractivity contribution >= 4 is 29.5 Å². The van der Waals surface area contributed by atoms with Crippen molar-refractivity contribution in [3.63, 3.8) is 0 Å². The molecule has 2 aromatic rings. The van der Waals surface area contributed by atoms with Crippen LogP contribution in [0, 0.1) is 10.7 Å². The second kappa shape index (κ2) is 5.69. The molecule has 2 N–H and O–H groups in total. The van der Waals surface area contributed by atoms with Crippen molar-refractivity contribution in [1.82, 2.24) is 9.55 Å². The van der Waals surface area contributed by atoms with E-state index in [0.717, 1.165) is 18.7 Å². The summed E-state index contributed by atoms with van der Waals surface area (Å²) in [4.78, 5) is 15.8. The van der Waals surface area contributed by atoms with E-state index < -0.39 is 0 Å². The van der Waals surface area contributed by atoms with Gasteiger partial charge in [-0.2, -0.15) is 0 Å². The second-order valence-electron chi connectivity index (χ2n) is 5.97. The Balaban J connectivity index is 1.72. The molecule has 1 aromatic heterocycles. The van der Waals surface area contributed by atoms with Crippen LogP contribution in [0.5, 0.6) is 5.75 Å². The summed E-state index contributed by atoms with van der Waals surface area (Å²) in [6.07, 6.45) is 3.23. The second-order valence-corrected chi connectivity index (χ2v) is 6.76. The van der Waals surface area contributed by atoms with Crippen LogP contribution >= 0.6 is 23.8 Å². The molecule has 0 unspecified atom stereocenters. The molecule has 120 valence electrons. The molecule has 1 aliphatic heterocycles. The zero-order chi connectivity index (χ0) is 16.0. The van der Waals surface area contributed by atoms with Crippen LogP contribution in [0.2, 0.25) is 5.02 Å². The van der Waals surface area contributed by atoms with E-state index in [2.05, 4.69) is 10.3 Å². The van der Waals surface area contributed by atoms with Gasteiger partial charge in [-0.3, -0.25) is 9.36 Å². The molecule has 2 heterocycles. The third-order valence-corrected chi connectivity index (χ3v) is 4.78. The van der Waals surface area contributed by atoms with Crippen LogP contribution in [-0.4, -0.2) is 22.7 Å². The number of hydrogen-bond acceptors (Lipinski definition) is 4. The minimum atomic E-state index is -0.149. The standard InChI is InChI=1S/C16H16ClN3O2S/c17-11-7-10(3-4-13(11)22-8-9-1-2-9)20-15(21)14-12(5-6-18-14)19-16(20)23/h3-4,7,9,18H,1-2,5-6,8H2,(H,19,23). The van der Waals surface area contributed by atoms with Gasteiger partial charge in [-0.05, 0) is 49.2 Å². The first kappa shape index (κ1) is 14.8. The van der Waals surface area contributed by atoms with Crippen molar-refractivity contribution in [1.29, 1.82) is 0 Å². The van der Waals surface area contributed by atoms with Crippen LogP contribution in [0.25, 0.3) is 5.69 Å². The van der Waals surface area contributed by atoms with Gasteiger partial charge in [0, 0.05) is 18.7 Å². The Hall–Kier alpha value is -1.79. The quantitative estimate of drug-likeness (QED) is 0.831. The summed E-state index contributed by atoms with van der Waals surface area (Å²) >= 11 is 11.6. The third kappa shape index (κ3) is 2.77. The van der Waals surface area contributed by atoms with E-state index in [1.54, 1.807) is 18.2 Å². The SMILES string of the molecule is O=c1c2c([nH]c(=S)n1-c1ccc(OCC3CC3)c(Cl)c1)CCN2. The number of nitrogens with zero attached hydrogens (tertiary/aromatic N) is 1. The minimum absolute atomic E-state index is 0.149. The molecule has 0 bridgehead atoms. The number of benzene rings is 1. The zero-order valence-corrected chi connectivity index (χ0v) is 14.0. The van der Waals surface area contributed by atoms with E-state index in [1.165, 1.54) is 17.4 Å². The molecule has 1 saturated carbocycles. The summed E-state index contributed by atoms with van der Waals surface area (Å²) in [5, 5.41) is 3.59. The van der Waals surface area contributed by atoms with Crippen molar-refractivity contribution < 1.29 is 4.74 Å². The van der Waals surface area contributed by atoms with Crippen molar-refractivity contribution in [2.75, 3.05) is 18.5 Å². The van der Waals surface area contributed by atoms with Gasteiger partial charge in [0.1, 0.15) is 11.4 Å². The van der Waals surface area contributed by atoms with Gasteiger partial charge in [-0.25, -0.2) is 0 Å². The zero-order valence-electron chi connectivity index (χ0n) is 12.4. The summed E-state index contributed by atoms with van der Waals surface area (Å²) in [6.45, 7) is 1.44. The number of aromatic amines is 1. The lowest BCUT2D eigenvalue weighted by atomic mass is 10.2. The van der Waals surface area contributed by atoms with Gasteiger partial charge in [0.2, 0.25) is 0 Å². The van der Waals surface area contributed by atoms with Crippen LogP contribution in [0.3, 0.4) is 0 Å². The molecule has 23 heavy (non-hydrogen) atoms. The number of H-pyrrole nitrogens is 1. The van der Waals surface area contributed by atoms with E-state index in [9.17, 15) is 4.79 Å². The molecule has 1 fully saturated rings. The van der Waals surface area contributed by atoms with Crippen LogP contribution < -0.4 is 15.6 Å². The van der Waals surface area contributed by atoms with E-state index in [-0.39, 0.29) is 5.56 Å². The highest BCUT2D eigenvalue weighted by atomic mass is 35.5. The number of nitrogens with one attached hydrogen (secondary N) is 2. The molecule has 0 spiro atoms. The molecule has 0 radical (unpaired) electrons. The van der Waals surface area contributed by atoms with Gasteiger partial charge in [-0.15, -0.1) is 0 Å². The average molecular weight is 350 g/mol. The first-order chi connectivity index (χ1) is 11.1. The van der Waals surface area contributed by atoms with Crippen LogP contribution in [-0.2, 0) is 6.42 Å². The van der Waals surface area contributed by atoms with Gasteiger partial charge in [0.05, 0.1) is 17.3 Å². The Morgan fingerprint density at radius 2 is 2.22 bits per heavy atom. The van der Waals surface area contributed by atoms with E-state index in [0.29, 0.717) is 39.4 Å². The van der Waals surface area contributed by atoms with Crippen molar-refractivity contribution in [3.05, 3.63) is 44.0 Å². The van der Waals surface area contributed by atoms with Gasteiger partial charge >= 0.3 is 0 Å². The molecule has 0 saturated heterocycles. The monoisotopic (exact) mass is 349 g/mol. The highest BCUT2D eigenvalue weighted by Crippen LogP contribution is 2.32. The maximum Gasteiger partial charge on any atom is 0.282 e. The predicted octanol–water partition coefficient (Wildman–Crippen LogP) is 3.31. The molecule has 1 aliphatic carbocycles. The maximum absolute atomic E-state index is 12.6. The Labute approximate surface area is 143 Å². The van der Waals surface area contributed by atoms with Crippen molar-refractivity contribution in [2.45, 2.75) is 19.3 Å². The molecule has 0 amide bonds. The fraction of sp³-hybridized carbons (Fsp3) is 0.375. The summed E-state index contributed by atoms with van der Waals surface area (Å²) in [7, 11) is 0. The Bertz CT molecular complexity index is 886. The number of anilines is 1. The Kier molecular flexibility index (Phi) is 3.66. The van der Waals surface area contributed by atoms with Gasteiger partial charge in [0.25, 0.3) is 5.56 Å². The van der Waals surface area contributed by atoms with E-state index in [4.69, 9.17) is 28.6 Å². The van der Waals surface area contributed by atoms with Crippen LogP contribution in [0.15, 0.2) is 23.0 Å². The molecule has 0 atom stereocenters. The average Bonchev–Trinajstić information content (AvgIpc) is 3.23. The van der Waals surface area contributed by atoms with E-state index >= 15 is 0 Å². The molecular weight excluding hydrogens is 334 g/mol. The van der Waals surface area contributed by atoms with Gasteiger partial charge in [-0.1, -0.05) is 11.6 Å². The van der Waals surface area contributed by atoms with Crippen molar-refractivity contribution in [3.8, 4) is 11.4 Å². The third-order valence-electron chi connectivity index (χ3n) is 4.20. The Morgan fingerprint density at radius 3 is 2.96 bits per heavy atom. The predicted molar refractivity (Wildman–Crippen MR) is 92.6 cm³/mol. The molecular formula is C16H16ClN3O2S. The maximum atomic E-state index is 12.6. The van der Waals surface area contributed by atoms with E-state index in [1.807, 2.05) is 0 Å². The first-order valence-corrected chi connectivity index (χ1v) is 8.47. The highest BCUT2D eigenvalue weighted by Gasteiger charge is 2.22. The molecule has 7 heteroatoms. The Morgan fingerprint density at radius 1 is 1.39 bits per heavy atom. The number of halogens is 1. The lowest BCUT2D eigenvalue weighted by Gasteiger charge is -2.12. The van der Waals surface area contributed by atoms with Crippen LogP contribution in [0.4, 0.5) is 5.69 Å². The van der Waals surface area contributed by atoms with Crippen LogP contribution in [0.1, 0.15) is 18.5 Å². The number of rotatable bonds is 4. The summed E-state index contributed by atoms with van der Waals surface area (Å²) < 4.78 is 7.56. The number of aromatic nitrogens is 2. The molecule has 4 rings (SSSR count). The topological polar surface area (TPSA) is 59.0 Å². The normalized spacial score (nSPS) is 16.0. The molecule has 1 aromatic carbocycles. The summed E-state index contributed by atoms with van der Waals surface area (Å²) in [6, 6.07) is 5.32. The lowest BCUT2D eigenvalue weighted by molar-refractivity contribution is 0.300. The highest BCUT2D eigenvalue weighted by molar-refractivity contribution is 7.71. The van der Waals surface area contributed by atoms with Gasteiger partial charge < -0.3 is 15.0 Å². The summed E-state index contributed by atoms with van der Waals surface area (Å²) in [5.74, 6) is 1.30. The minimum Gasteiger partial charge on any atom is -0.492 e. The molecule has 2 aliphatic rings. The largest absolute Gasteiger partial charge is 0.492 e. The summed E-state index contributed by atoms with van der Waals surface area (Å²) in [5.41, 5.74) is 1.94. The first-order valence-electron chi connectivity index (χ1n) is 7.68. The van der Waals surface area contributed by atoms with Crippen molar-refractivity contribution in [2.24, 2.45) is 5.92 Å². The molecule has 5 nitrogen and oxygen atoms in total. The fourth-order valence-corrected chi connectivity index (χ4v) is 3.28. The van der Waals surface area contributed by atoms with Gasteiger partial charge in [0.15, 0.2) is 4.77 Å². The fourth-order valence-electron chi connectivity index (χ4n) is 2.74. The number of hydrogen-bond donors (Lipinski definition) is 2. The number of ether oxygens (including phenoxy) is 1. The number of fused-ring (bicyclic) bond motifs is 1. The smallest absolute Gasteiger partial charge is 0.282 e. The lowest BCUT2D eigenvalue weighted by Crippen LogP contribution is -2.23.